The van der Waals surface area contributed by atoms with Crippen molar-refractivity contribution in [2.45, 2.75) is 38.3 Å². The van der Waals surface area contributed by atoms with Crippen molar-refractivity contribution in [3.05, 3.63) is 78.5 Å². The molecule has 48 heavy (non-hydrogen) atoms. The molecule has 7 rings (SSSR count). The first kappa shape index (κ1) is 32.1. The summed E-state index contributed by atoms with van der Waals surface area (Å²) in [6.45, 7) is 4.21. The van der Waals surface area contributed by atoms with Gasteiger partial charge in [-0.05, 0) is 61.1 Å². The van der Waals surface area contributed by atoms with Gasteiger partial charge >= 0.3 is 0 Å². The molecule has 3 aromatic rings. The molecule has 2 aromatic heterocycles. The summed E-state index contributed by atoms with van der Waals surface area (Å²) in [5, 5.41) is 32.8. The third-order valence-corrected chi connectivity index (χ3v) is 10.8. The Bertz CT molecular complexity index is 2010. The number of fused-ring (bicyclic) bond motifs is 3. The molecule has 0 atom stereocenters. The van der Waals surface area contributed by atoms with Gasteiger partial charge in [-0.2, -0.15) is 0 Å². The molecule has 0 radical (unpaired) electrons. The first-order chi connectivity index (χ1) is 23.2. The Balaban J connectivity index is 1.16. The Morgan fingerprint density at radius 1 is 1.19 bits per heavy atom. The van der Waals surface area contributed by atoms with E-state index in [0.717, 1.165) is 70.3 Å². The lowest BCUT2D eigenvalue weighted by atomic mass is 9.97. The number of piperazine rings is 1. The van der Waals surface area contributed by atoms with E-state index in [9.17, 15) is 15.0 Å². The van der Waals surface area contributed by atoms with Crippen LogP contribution in [0.25, 0.3) is 23.2 Å². The van der Waals surface area contributed by atoms with E-state index in [1.54, 1.807) is 30.7 Å². The van der Waals surface area contributed by atoms with Gasteiger partial charge in [-0.1, -0.05) is 0 Å². The number of nitrogens with one attached hydrogen (secondary N) is 2. The van der Waals surface area contributed by atoms with E-state index in [0.29, 0.717) is 33.1 Å². The number of benzene rings is 1. The Morgan fingerprint density at radius 3 is 2.69 bits per heavy atom. The Hall–Kier alpha value is -4.50. The van der Waals surface area contributed by atoms with E-state index in [-0.39, 0.29) is 23.1 Å². The third-order valence-electron chi connectivity index (χ3n) is 9.48. The van der Waals surface area contributed by atoms with Crippen LogP contribution in [0.15, 0.2) is 46.3 Å². The second kappa shape index (κ2) is 13.2. The van der Waals surface area contributed by atoms with Crippen molar-refractivity contribution in [1.29, 1.82) is 5.41 Å². The lowest BCUT2D eigenvalue weighted by molar-refractivity contribution is -0.0728. The van der Waals surface area contributed by atoms with Gasteiger partial charge in [0.1, 0.15) is 23.2 Å². The van der Waals surface area contributed by atoms with Crippen molar-refractivity contribution in [2.24, 2.45) is 17.8 Å². The largest absolute Gasteiger partial charge is 0.492 e. The van der Waals surface area contributed by atoms with Crippen LogP contribution in [-0.2, 0) is 31.2 Å². The Morgan fingerprint density at radius 2 is 1.96 bits per heavy atom. The van der Waals surface area contributed by atoms with E-state index >= 15 is 4.39 Å². The Labute approximate surface area is 280 Å². The van der Waals surface area contributed by atoms with Gasteiger partial charge in [0.2, 0.25) is 5.88 Å². The normalized spacial score (nSPS) is 18.7. The topological polar surface area (TPSA) is 156 Å². The van der Waals surface area contributed by atoms with Gasteiger partial charge in [-0.15, -0.1) is 11.3 Å². The van der Waals surface area contributed by atoms with Crippen LogP contribution in [0.4, 0.5) is 15.8 Å². The Kier molecular flexibility index (Phi) is 8.81. The molecule has 12 nitrogen and oxygen atoms in total. The molecule has 0 bridgehead atoms. The number of aliphatic hydroxyl groups excluding tert-OH is 2. The molecule has 252 valence electrons. The predicted octanol–water partition coefficient (Wildman–Crippen LogP) is 1.55. The monoisotopic (exact) mass is 674 g/mol. The first-order valence-corrected chi connectivity index (χ1v) is 17.0. The van der Waals surface area contributed by atoms with Crippen LogP contribution in [0.1, 0.15) is 28.8 Å². The highest BCUT2D eigenvalue weighted by atomic mass is 32.1. The van der Waals surface area contributed by atoms with Crippen LogP contribution >= 0.6 is 11.3 Å². The molecule has 2 fully saturated rings. The van der Waals surface area contributed by atoms with Gasteiger partial charge in [0, 0.05) is 72.9 Å². The number of aromatic nitrogens is 1. The maximum absolute atomic E-state index is 15.3. The lowest BCUT2D eigenvalue weighted by Crippen LogP contribution is -2.57. The molecule has 2 saturated heterocycles. The van der Waals surface area contributed by atoms with Gasteiger partial charge in [-0.3, -0.25) is 20.5 Å². The quantitative estimate of drug-likeness (QED) is 0.186. The van der Waals surface area contributed by atoms with E-state index in [2.05, 4.69) is 15.3 Å². The average Bonchev–Trinajstić information content (AvgIpc) is 3.45. The lowest BCUT2D eigenvalue weighted by Gasteiger charge is -2.42. The number of ether oxygens (including phenoxy) is 1. The van der Waals surface area contributed by atoms with Crippen molar-refractivity contribution in [3.63, 3.8) is 0 Å². The van der Waals surface area contributed by atoms with Crippen molar-refractivity contribution in [3.8, 4) is 11.1 Å². The molecular formula is C34H39FN8O4S. The number of nitrogens with zero attached hydrogens (tertiary/aromatic N) is 5. The van der Waals surface area contributed by atoms with Gasteiger partial charge < -0.3 is 30.2 Å². The number of aliphatic hydroxyl groups is 2. The minimum absolute atomic E-state index is 0.0161. The molecule has 6 N–H and O–H groups in total. The number of thiophene rings is 1. The fourth-order valence-electron chi connectivity index (χ4n) is 6.76. The van der Waals surface area contributed by atoms with Crippen molar-refractivity contribution >= 4 is 46.5 Å². The minimum Gasteiger partial charge on any atom is -0.492 e. The SMILES string of the molecule is Cn1cc(-c2cc(F)cc(N3NC=c4c5c(sc4=C3O)CCCC5)c2CO)cc(N=C(N)C=CC(=N)N2CCN(C3COC3)CC2)c1=O. The van der Waals surface area contributed by atoms with Crippen LogP contribution in [0.2, 0.25) is 0 Å². The van der Waals surface area contributed by atoms with E-state index in [4.69, 9.17) is 15.9 Å². The van der Waals surface area contributed by atoms with Gasteiger partial charge in [-0.25, -0.2) is 14.4 Å². The highest BCUT2D eigenvalue weighted by Gasteiger charge is 2.29. The van der Waals surface area contributed by atoms with Gasteiger partial charge in [0.15, 0.2) is 0 Å². The molecular weight excluding hydrogens is 635 g/mol. The zero-order valence-electron chi connectivity index (χ0n) is 26.7. The number of pyridine rings is 1. The number of hydrogen-bond donors (Lipinski definition) is 5. The van der Waals surface area contributed by atoms with Crippen molar-refractivity contribution < 1.29 is 19.3 Å². The van der Waals surface area contributed by atoms with E-state index in [1.807, 2.05) is 11.1 Å². The summed E-state index contributed by atoms with van der Waals surface area (Å²) in [5.41, 5.74) is 11.5. The number of aryl methyl sites for hydroxylation is 2. The second-order valence-corrected chi connectivity index (χ2v) is 13.6. The number of hydrazine groups is 1. The molecule has 1 aliphatic carbocycles. The molecule has 14 heteroatoms. The number of halogens is 1. The van der Waals surface area contributed by atoms with Gasteiger partial charge in [0.25, 0.3) is 5.56 Å². The summed E-state index contributed by atoms with van der Waals surface area (Å²) in [6, 6.07) is 4.51. The number of amidine groups is 2. The summed E-state index contributed by atoms with van der Waals surface area (Å²) in [5.74, 6) is -0.324. The molecule has 0 saturated carbocycles. The highest BCUT2D eigenvalue weighted by molar-refractivity contribution is 7.10. The van der Waals surface area contributed by atoms with E-state index < -0.39 is 18.0 Å². The van der Waals surface area contributed by atoms with Crippen LogP contribution in [-0.4, -0.2) is 81.7 Å². The third kappa shape index (κ3) is 6.00. The minimum atomic E-state index is -0.593. The molecule has 5 heterocycles. The summed E-state index contributed by atoms with van der Waals surface area (Å²) in [6.07, 6.45) is 10.6. The summed E-state index contributed by atoms with van der Waals surface area (Å²) in [4.78, 5) is 23.0. The van der Waals surface area contributed by atoms with Crippen LogP contribution in [0, 0.1) is 11.2 Å². The zero-order valence-corrected chi connectivity index (χ0v) is 27.5. The number of anilines is 1. The van der Waals surface area contributed by atoms with Crippen LogP contribution in [0.5, 0.6) is 0 Å². The summed E-state index contributed by atoms with van der Waals surface area (Å²) in [7, 11) is 1.56. The van der Waals surface area contributed by atoms with Crippen molar-refractivity contribution in [1.82, 2.24) is 19.8 Å². The summed E-state index contributed by atoms with van der Waals surface area (Å²) < 4.78 is 22.6. The smallest absolute Gasteiger partial charge is 0.276 e. The second-order valence-electron chi connectivity index (χ2n) is 12.5. The van der Waals surface area contributed by atoms with Crippen LogP contribution < -0.4 is 31.5 Å². The number of nitrogens with two attached hydrogens (primary N) is 1. The molecule has 1 aromatic carbocycles. The molecule has 0 amide bonds. The maximum atomic E-state index is 15.3. The van der Waals surface area contributed by atoms with E-state index in [1.165, 1.54) is 44.3 Å². The summed E-state index contributed by atoms with van der Waals surface area (Å²) >= 11 is 1.54. The van der Waals surface area contributed by atoms with Crippen LogP contribution in [0.3, 0.4) is 0 Å². The molecule has 4 aliphatic rings. The molecule has 3 aliphatic heterocycles. The number of aliphatic imine (C=N–C) groups is 1. The predicted molar refractivity (Wildman–Crippen MR) is 185 cm³/mol. The standard InChI is InChI=1S/C34H39FN8O4S/c1-40-16-20(12-27(33(40)45)39-30(36)6-7-31(37)42-10-8-41(9-11-42)22-18-47-19-22)24-13-21(35)14-28(26(24)17-44)43-34(46)32-25(15-38-43)23-4-2-3-5-29(23)48-32/h6-7,12-16,22,37-38,44,46H,2-5,8-11,17-19H2,1H3,(H2,36,39). The van der Waals surface area contributed by atoms with Crippen molar-refractivity contribution in [2.75, 3.05) is 44.4 Å². The van der Waals surface area contributed by atoms with Gasteiger partial charge in [0.05, 0.1) is 36.1 Å². The highest BCUT2D eigenvalue weighted by Crippen LogP contribution is 2.35. The fourth-order valence-corrected chi connectivity index (χ4v) is 8.06. The molecule has 0 spiro atoms. The maximum Gasteiger partial charge on any atom is 0.276 e. The first-order valence-electron chi connectivity index (χ1n) is 16.1. The number of rotatable bonds is 7. The average molecular weight is 675 g/mol. The number of hydrogen-bond acceptors (Lipinski definition) is 10. The fraction of sp³-hybridized carbons (Fsp3) is 0.382. The molecule has 0 unspecified atom stereocenters. The zero-order chi connectivity index (χ0) is 33.5.